The number of amides is 1. The predicted molar refractivity (Wildman–Crippen MR) is 125 cm³/mol. The standard InChI is InChI=1S/C21H20ClN5O3S2/c1-4-27-17(10-30-15-7-5-14(22)6-8-15)25-26-21(27)31-11-18(29)24-20-16(9-23)12(2)19(32-20)13(3)28/h5-8H,4,10-11H2,1-3H3,(H,24,29). The van der Waals surface area contributed by atoms with E-state index in [1.54, 1.807) is 31.2 Å². The molecule has 0 fully saturated rings. The predicted octanol–water partition coefficient (Wildman–Crippen LogP) is 4.71. The van der Waals surface area contributed by atoms with Gasteiger partial charge < -0.3 is 14.6 Å². The fourth-order valence-corrected chi connectivity index (χ4v) is 4.91. The first kappa shape index (κ1) is 23.8. The van der Waals surface area contributed by atoms with Crippen molar-refractivity contribution < 1.29 is 14.3 Å². The lowest BCUT2D eigenvalue weighted by atomic mass is 10.1. The Hall–Kier alpha value is -2.87. The molecule has 2 heterocycles. The highest BCUT2D eigenvalue weighted by atomic mass is 35.5. The van der Waals surface area contributed by atoms with Gasteiger partial charge in [-0.2, -0.15) is 5.26 Å². The molecule has 0 spiro atoms. The molecule has 1 amide bonds. The SMILES string of the molecule is CCn1c(COc2ccc(Cl)cc2)nnc1SCC(=O)Nc1sc(C(C)=O)c(C)c1C#N. The van der Waals surface area contributed by atoms with E-state index in [0.29, 0.717) is 49.3 Å². The molecule has 32 heavy (non-hydrogen) atoms. The van der Waals surface area contributed by atoms with Gasteiger partial charge in [-0.15, -0.1) is 21.5 Å². The summed E-state index contributed by atoms with van der Waals surface area (Å²) in [5, 5.41) is 22.1. The Balaban J connectivity index is 1.63. The molecular formula is C21H20ClN5O3S2. The Morgan fingerprint density at radius 1 is 1.31 bits per heavy atom. The Labute approximate surface area is 198 Å². The summed E-state index contributed by atoms with van der Waals surface area (Å²) in [5.41, 5.74) is 0.904. The molecule has 0 saturated carbocycles. The molecule has 3 rings (SSSR count). The zero-order valence-corrected chi connectivity index (χ0v) is 20.0. The van der Waals surface area contributed by atoms with E-state index >= 15 is 0 Å². The summed E-state index contributed by atoms with van der Waals surface area (Å²) in [7, 11) is 0. The molecule has 166 valence electrons. The van der Waals surface area contributed by atoms with Gasteiger partial charge in [0.2, 0.25) is 5.91 Å². The van der Waals surface area contributed by atoms with Crippen LogP contribution in [0.3, 0.4) is 0 Å². The Bertz CT molecular complexity index is 1180. The quantitative estimate of drug-likeness (QED) is 0.342. The van der Waals surface area contributed by atoms with Gasteiger partial charge in [-0.1, -0.05) is 23.4 Å². The highest BCUT2D eigenvalue weighted by Gasteiger charge is 2.20. The van der Waals surface area contributed by atoms with Crippen molar-refractivity contribution in [2.24, 2.45) is 0 Å². The summed E-state index contributed by atoms with van der Waals surface area (Å²) in [6.07, 6.45) is 0. The van der Waals surface area contributed by atoms with Crippen LogP contribution in [0.4, 0.5) is 5.00 Å². The van der Waals surface area contributed by atoms with Crippen LogP contribution in [0.2, 0.25) is 5.02 Å². The lowest BCUT2D eigenvalue weighted by molar-refractivity contribution is -0.113. The number of carbonyl (C=O) groups excluding carboxylic acids is 2. The molecule has 0 aliphatic carbocycles. The van der Waals surface area contributed by atoms with E-state index in [2.05, 4.69) is 21.6 Å². The summed E-state index contributed by atoms with van der Waals surface area (Å²) in [4.78, 5) is 24.7. The molecule has 3 aromatic rings. The number of hydrogen-bond donors (Lipinski definition) is 1. The average molecular weight is 490 g/mol. The van der Waals surface area contributed by atoms with Crippen LogP contribution < -0.4 is 10.1 Å². The number of Topliss-reactive ketones (excluding diaryl/α,β-unsaturated/α-hetero) is 1. The lowest BCUT2D eigenvalue weighted by Gasteiger charge is -2.09. The number of ketones is 1. The number of nitrogens with one attached hydrogen (secondary N) is 1. The van der Waals surface area contributed by atoms with Crippen LogP contribution in [0.1, 0.15) is 40.5 Å². The van der Waals surface area contributed by atoms with E-state index < -0.39 is 0 Å². The molecular weight excluding hydrogens is 470 g/mol. The Kier molecular flexibility index (Phi) is 7.90. The molecule has 0 aliphatic rings. The Morgan fingerprint density at radius 3 is 2.66 bits per heavy atom. The van der Waals surface area contributed by atoms with Crippen molar-refractivity contribution in [2.75, 3.05) is 11.1 Å². The van der Waals surface area contributed by atoms with Gasteiger partial charge in [-0.05, 0) is 50.6 Å². The second-order valence-corrected chi connectivity index (χ2v) is 9.05. The number of carbonyl (C=O) groups is 2. The highest BCUT2D eigenvalue weighted by Crippen LogP contribution is 2.33. The van der Waals surface area contributed by atoms with Crippen LogP contribution >= 0.6 is 34.7 Å². The number of rotatable bonds is 9. The molecule has 8 nitrogen and oxygen atoms in total. The van der Waals surface area contributed by atoms with Gasteiger partial charge in [0.15, 0.2) is 16.8 Å². The summed E-state index contributed by atoms with van der Waals surface area (Å²) in [6, 6.07) is 9.09. The number of aromatic nitrogens is 3. The molecule has 2 aromatic heterocycles. The monoisotopic (exact) mass is 489 g/mol. The molecule has 1 N–H and O–H groups in total. The maximum atomic E-state index is 12.5. The number of hydrogen-bond acceptors (Lipinski definition) is 8. The van der Waals surface area contributed by atoms with Crippen LogP contribution in [0.25, 0.3) is 0 Å². The van der Waals surface area contributed by atoms with E-state index in [0.717, 1.165) is 11.3 Å². The van der Waals surface area contributed by atoms with Gasteiger partial charge in [-0.3, -0.25) is 9.59 Å². The largest absolute Gasteiger partial charge is 0.486 e. The van der Waals surface area contributed by atoms with E-state index in [1.165, 1.54) is 18.7 Å². The molecule has 1 aromatic carbocycles. The number of ether oxygens (including phenoxy) is 1. The van der Waals surface area contributed by atoms with Crippen LogP contribution in [0.15, 0.2) is 29.4 Å². The zero-order chi connectivity index (χ0) is 23.3. The number of nitrogens with zero attached hydrogens (tertiary/aromatic N) is 4. The molecule has 0 atom stereocenters. The molecule has 0 saturated heterocycles. The van der Waals surface area contributed by atoms with Gasteiger partial charge in [0, 0.05) is 11.6 Å². The van der Waals surface area contributed by atoms with Gasteiger partial charge in [0.1, 0.15) is 23.4 Å². The number of thioether (sulfide) groups is 1. The third-order valence-electron chi connectivity index (χ3n) is 4.45. The van der Waals surface area contributed by atoms with E-state index in [9.17, 15) is 14.9 Å². The third kappa shape index (κ3) is 5.48. The van der Waals surface area contributed by atoms with Crippen molar-refractivity contribution in [2.45, 2.75) is 39.1 Å². The first-order valence-corrected chi connectivity index (χ1v) is 11.8. The number of halogens is 1. The van der Waals surface area contributed by atoms with Crippen molar-refractivity contribution in [3.05, 3.63) is 51.1 Å². The molecule has 11 heteroatoms. The average Bonchev–Trinajstić information content (AvgIpc) is 3.31. The van der Waals surface area contributed by atoms with Crippen LogP contribution in [-0.4, -0.2) is 32.2 Å². The number of benzene rings is 1. The van der Waals surface area contributed by atoms with Crippen molar-refractivity contribution in [3.63, 3.8) is 0 Å². The first-order chi connectivity index (χ1) is 15.3. The second-order valence-electron chi connectivity index (χ2n) is 6.65. The van der Waals surface area contributed by atoms with Gasteiger partial charge in [-0.25, -0.2) is 0 Å². The van der Waals surface area contributed by atoms with Crippen molar-refractivity contribution in [1.29, 1.82) is 5.26 Å². The fraction of sp³-hybridized carbons (Fsp3) is 0.286. The van der Waals surface area contributed by atoms with Gasteiger partial charge in [0.25, 0.3) is 0 Å². The summed E-state index contributed by atoms with van der Waals surface area (Å²) < 4.78 is 7.61. The summed E-state index contributed by atoms with van der Waals surface area (Å²) in [5.74, 6) is 0.943. The van der Waals surface area contributed by atoms with Gasteiger partial charge >= 0.3 is 0 Å². The van der Waals surface area contributed by atoms with E-state index in [4.69, 9.17) is 16.3 Å². The normalized spacial score (nSPS) is 10.6. The Morgan fingerprint density at radius 2 is 2.03 bits per heavy atom. The maximum absolute atomic E-state index is 12.5. The van der Waals surface area contributed by atoms with Crippen molar-refractivity contribution in [1.82, 2.24) is 14.8 Å². The second kappa shape index (κ2) is 10.6. The number of anilines is 1. The van der Waals surface area contributed by atoms with Crippen LogP contribution in [0.5, 0.6) is 5.75 Å². The van der Waals surface area contributed by atoms with Gasteiger partial charge in [0.05, 0.1) is 16.2 Å². The lowest BCUT2D eigenvalue weighted by Crippen LogP contribution is -2.15. The van der Waals surface area contributed by atoms with E-state index in [1.807, 2.05) is 11.5 Å². The number of nitriles is 1. The molecule has 0 unspecified atom stereocenters. The van der Waals surface area contributed by atoms with Crippen molar-refractivity contribution >= 4 is 51.4 Å². The summed E-state index contributed by atoms with van der Waals surface area (Å²) in [6.45, 7) is 5.93. The molecule has 0 bridgehead atoms. The van der Waals surface area contributed by atoms with Crippen LogP contribution in [-0.2, 0) is 17.9 Å². The smallest absolute Gasteiger partial charge is 0.235 e. The zero-order valence-electron chi connectivity index (χ0n) is 17.6. The highest BCUT2D eigenvalue weighted by molar-refractivity contribution is 7.99. The minimum absolute atomic E-state index is 0.0768. The fourth-order valence-electron chi connectivity index (χ4n) is 2.89. The minimum Gasteiger partial charge on any atom is -0.486 e. The molecule has 0 radical (unpaired) electrons. The number of thiophene rings is 1. The minimum atomic E-state index is -0.299. The topological polar surface area (TPSA) is 110 Å². The summed E-state index contributed by atoms with van der Waals surface area (Å²) >= 11 is 8.23. The van der Waals surface area contributed by atoms with Crippen LogP contribution in [0, 0.1) is 18.3 Å². The first-order valence-electron chi connectivity index (χ1n) is 9.61. The molecule has 0 aliphatic heterocycles. The maximum Gasteiger partial charge on any atom is 0.235 e. The van der Waals surface area contributed by atoms with E-state index in [-0.39, 0.29) is 24.1 Å². The van der Waals surface area contributed by atoms with Crippen molar-refractivity contribution in [3.8, 4) is 11.8 Å². The third-order valence-corrected chi connectivity index (χ3v) is 6.98.